The van der Waals surface area contributed by atoms with Crippen LogP contribution in [0.5, 0.6) is 0 Å². The number of para-hydroxylation sites is 1. The van der Waals surface area contributed by atoms with E-state index >= 15 is 0 Å². The minimum atomic E-state index is -3.29. The Balaban J connectivity index is 1.46. The smallest absolute Gasteiger partial charge is 0.230 e. The number of thiazole rings is 1. The number of hydrogen-bond acceptors (Lipinski definition) is 5. The molecule has 3 heterocycles. The maximum atomic E-state index is 12.5. The van der Waals surface area contributed by atoms with E-state index in [1.807, 2.05) is 30.5 Å². The molecule has 0 saturated heterocycles. The Morgan fingerprint density at radius 3 is 2.93 bits per heavy atom. The van der Waals surface area contributed by atoms with Crippen molar-refractivity contribution in [1.29, 1.82) is 0 Å². The molecule has 0 spiro atoms. The van der Waals surface area contributed by atoms with Gasteiger partial charge in [0.25, 0.3) is 0 Å². The lowest BCUT2D eigenvalue weighted by atomic mass is 10.1. The molecule has 28 heavy (non-hydrogen) atoms. The molecule has 148 valence electrons. The Bertz CT molecular complexity index is 1130. The maximum Gasteiger partial charge on any atom is 0.230 e. The average Bonchev–Trinajstić information content (AvgIpc) is 3.24. The lowest BCUT2D eigenvalue weighted by molar-refractivity contribution is -0.115. The zero-order valence-electron chi connectivity index (χ0n) is 15.7. The van der Waals surface area contributed by atoms with Gasteiger partial charge in [0.05, 0.1) is 17.4 Å². The quantitative estimate of drug-likeness (QED) is 0.666. The van der Waals surface area contributed by atoms with Gasteiger partial charge in [0.1, 0.15) is 0 Å². The molecule has 1 aliphatic heterocycles. The molecule has 3 aromatic rings. The van der Waals surface area contributed by atoms with E-state index in [4.69, 9.17) is 0 Å². The van der Waals surface area contributed by atoms with Crippen LogP contribution in [0.15, 0.2) is 30.5 Å². The van der Waals surface area contributed by atoms with E-state index < -0.39 is 15.3 Å². The highest BCUT2D eigenvalue weighted by atomic mass is 32.2. The summed E-state index contributed by atoms with van der Waals surface area (Å²) >= 11 is 1.35. The van der Waals surface area contributed by atoms with Gasteiger partial charge in [-0.1, -0.05) is 18.2 Å². The fourth-order valence-electron chi connectivity index (χ4n) is 3.36. The number of amides is 1. The molecule has 2 aromatic heterocycles. The lowest BCUT2D eigenvalue weighted by Crippen LogP contribution is -2.39. The van der Waals surface area contributed by atoms with Gasteiger partial charge in [-0.2, -0.15) is 4.31 Å². The van der Waals surface area contributed by atoms with Gasteiger partial charge < -0.3 is 10.3 Å². The number of fused-ring (bicyclic) bond motifs is 2. The van der Waals surface area contributed by atoms with Crippen molar-refractivity contribution in [2.45, 2.75) is 38.5 Å². The van der Waals surface area contributed by atoms with Crippen LogP contribution in [-0.2, 0) is 34.2 Å². The highest BCUT2D eigenvalue weighted by molar-refractivity contribution is 7.89. The van der Waals surface area contributed by atoms with Crippen LogP contribution in [0.3, 0.4) is 0 Å². The summed E-state index contributed by atoms with van der Waals surface area (Å²) in [7, 11) is -3.29. The minimum absolute atomic E-state index is 0.137. The molecular formula is C19H22N4O3S2. The van der Waals surface area contributed by atoms with Gasteiger partial charge in [-0.25, -0.2) is 13.4 Å². The summed E-state index contributed by atoms with van der Waals surface area (Å²) in [5.74, 6) is -0.137. The van der Waals surface area contributed by atoms with Crippen molar-refractivity contribution < 1.29 is 13.2 Å². The lowest BCUT2D eigenvalue weighted by Gasteiger charge is -2.26. The number of nitrogens with zero attached hydrogens (tertiary/aromatic N) is 2. The number of H-pyrrole nitrogens is 1. The molecule has 4 rings (SSSR count). The van der Waals surface area contributed by atoms with E-state index in [1.165, 1.54) is 15.6 Å². The molecule has 0 saturated carbocycles. The summed E-state index contributed by atoms with van der Waals surface area (Å²) in [5, 5.41) is 3.98. The number of hydrogen-bond donors (Lipinski definition) is 2. The van der Waals surface area contributed by atoms with Gasteiger partial charge >= 0.3 is 0 Å². The molecule has 0 unspecified atom stereocenters. The van der Waals surface area contributed by atoms with Crippen LogP contribution >= 0.6 is 11.3 Å². The third-order valence-electron chi connectivity index (χ3n) is 4.92. The van der Waals surface area contributed by atoms with Crippen LogP contribution in [0.2, 0.25) is 0 Å². The van der Waals surface area contributed by atoms with E-state index in [9.17, 15) is 13.2 Å². The Kier molecular flexibility index (Phi) is 4.98. The highest BCUT2D eigenvalue weighted by Gasteiger charge is 2.31. The van der Waals surface area contributed by atoms with Gasteiger partial charge in [0.15, 0.2) is 5.13 Å². The standard InChI is InChI=1S/C19H22N4O3S2/c1-12(2)28(25,26)23-8-7-16-17(11-23)27-19(21-16)22-18(24)9-13-10-20-15-6-4-3-5-14(13)15/h3-6,10,12,20H,7-9,11H2,1-2H3,(H,21,22,24). The molecule has 1 aromatic carbocycles. The van der Waals surface area contributed by atoms with Gasteiger partial charge in [0.2, 0.25) is 15.9 Å². The first kappa shape index (κ1) is 19.1. The Labute approximate surface area is 167 Å². The molecular weight excluding hydrogens is 396 g/mol. The zero-order chi connectivity index (χ0) is 19.9. The predicted molar refractivity (Wildman–Crippen MR) is 111 cm³/mol. The summed E-state index contributed by atoms with van der Waals surface area (Å²) in [6.07, 6.45) is 2.67. The molecule has 9 heteroatoms. The van der Waals surface area contributed by atoms with Crippen LogP contribution in [0.4, 0.5) is 5.13 Å². The van der Waals surface area contributed by atoms with E-state index in [2.05, 4.69) is 15.3 Å². The van der Waals surface area contributed by atoms with Crippen LogP contribution < -0.4 is 5.32 Å². The second kappa shape index (κ2) is 7.31. The number of carbonyl (C=O) groups is 1. The summed E-state index contributed by atoms with van der Waals surface area (Å²) in [4.78, 5) is 21.1. The first-order chi connectivity index (χ1) is 13.3. The molecule has 0 aliphatic carbocycles. The molecule has 0 radical (unpaired) electrons. The van der Waals surface area contributed by atoms with E-state index in [0.29, 0.717) is 24.6 Å². The Morgan fingerprint density at radius 2 is 2.14 bits per heavy atom. The topological polar surface area (TPSA) is 95.2 Å². The first-order valence-electron chi connectivity index (χ1n) is 9.17. The molecule has 7 nitrogen and oxygen atoms in total. The normalized spacial score (nSPS) is 15.1. The van der Waals surface area contributed by atoms with Crippen LogP contribution in [0.1, 0.15) is 30.0 Å². The van der Waals surface area contributed by atoms with Gasteiger partial charge in [0, 0.05) is 41.5 Å². The van der Waals surface area contributed by atoms with Crippen molar-refractivity contribution in [1.82, 2.24) is 14.3 Å². The number of aromatic amines is 1. The molecule has 1 aliphatic rings. The number of rotatable bonds is 5. The predicted octanol–water partition coefficient (Wildman–Crippen LogP) is 2.90. The van der Waals surface area contributed by atoms with Crippen molar-refractivity contribution in [3.05, 3.63) is 46.6 Å². The number of anilines is 1. The summed E-state index contributed by atoms with van der Waals surface area (Å²) < 4.78 is 26.3. The molecule has 1 amide bonds. The highest BCUT2D eigenvalue weighted by Crippen LogP contribution is 2.30. The van der Waals surface area contributed by atoms with Crippen molar-refractivity contribution in [3.63, 3.8) is 0 Å². The average molecular weight is 419 g/mol. The molecule has 2 N–H and O–H groups in total. The molecule has 0 atom stereocenters. The second-order valence-electron chi connectivity index (χ2n) is 7.15. The minimum Gasteiger partial charge on any atom is -0.361 e. The van der Waals surface area contributed by atoms with Crippen LogP contribution in [-0.4, -0.2) is 40.4 Å². The number of nitrogens with one attached hydrogen (secondary N) is 2. The van der Waals surface area contributed by atoms with Gasteiger partial charge in [-0.3, -0.25) is 4.79 Å². The van der Waals surface area contributed by atoms with Gasteiger partial charge in [-0.15, -0.1) is 11.3 Å². The number of benzene rings is 1. The zero-order valence-corrected chi connectivity index (χ0v) is 17.4. The van der Waals surface area contributed by atoms with Crippen molar-refractivity contribution >= 4 is 43.3 Å². The van der Waals surface area contributed by atoms with Crippen LogP contribution in [0, 0.1) is 0 Å². The monoisotopic (exact) mass is 418 g/mol. The summed E-state index contributed by atoms with van der Waals surface area (Å²) in [6, 6.07) is 7.86. The Hall–Kier alpha value is -2.23. The van der Waals surface area contributed by atoms with E-state index in [1.54, 1.807) is 13.8 Å². The van der Waals surface area contributed by atoms with E-state index in [0.717, 1.165) is 27.0 Å². The Morgan fingerprint density at radius 1 is 1.36 bits per heavy atom. The van der Waals surface area contributed by atoms with Crippen molar-refractivity contribution in [2.24, 2.45) is 0 Å². The summed E-state index contributed by atoms with van der Waals surface area (Å²) in [5.41, 5.74) is 2.81. The molecule has 0 fully saturated rings. The second-order valence-corrected chi connectivity index (χ2v) is 10.7. The fourth-order valence-corrected chi connectivity index (χ4v) is 5.73. The fraction of sp³-hybridized carbons (Fsp3) is 0.368. The largest absolute Gasteiger partial charge is 0.361 e. The van der Waals surface area contributed by atoms with E-state index in [-0.39, 0.29) is 12.3 Å². The number of sulfonamides is 1. The number of carbonyl (C=O) groups excluding carboxylic acids is 1. The third-order valence-corrected chi connectivity index (χ3v) is 8.14. The van der Waals surface area contributed by atoms with Gasteiger partial charge in [-0.05, 0) is 25.5 Å². The molecule has 0 bridgehead atoms. The van der Waals surface area contributed by atoms with Crippen molar-refractivity contribution in [3.8, 4) is 0 Å². The van der Waals surface area contributed by atoms with Crippen LogP contribution in [0.25, 0.3) is 10.9 Å². The van der Waals surface area contributed by atoms with Crippen molar-refractivity contribution in [2.75, 3.05) is 11.9 Å². The number of aromatic nitrogens is 2. The first-order valence-corrected chi connectivity index (χ1v) is 11.5. The SMILES string of the molecule is CC(C)S(=O)(=O)N1CCc2nc(NC(=O)Cc3c[nH]c4ccccc34)sc2C1. The summed E-state index contributed by atoms with van der Waals surface area (Å²) in [6.45, 7) is 4.13. The maximum absolute atomic E-state index is 12.5. The third kappa shape index (κ3) is 3.57.